The quantitative estimate of drug-likeness (QED) is 0.606. The lowest BCUT2D eigenvalue weighted by molar-refractivity contribution is -0.386. The molecule has 0 aliphatic carbocycles. The van der Waals surface area contributed by atoms with Crippen LogP contribution in [0.1, 0.15) is 12.8 Å². The number of nitrogens with zero attached hydrogens (tertiary/aromatic N) is 2. The summed E-state index contributed by atoms with van der Waals surface area (Å²) in [6, 6.07) is 1.61. The van der Waals surface area contributed by atoms with E-state index in [0.717, 1.165) is 25.8 Å². The van der Waals surface area contributed by atoms with Gasteiger partial charge in [0, 0.05) is 19.2 Å². The van der Waals surface area contributed by atoms with Gasteiger partial charge in [0.05, 0.1) is 16.9 Å². The van der Waals surface area contributed by atoms with Gasteiger partial charge in [-0.1, -0.05) is 0 Å². The Labute approximate surface area is 139 Å². The number of nitro groups is 1. The predicted octanol–water partition coefficient (Wildman–Crippen LogP) is 1.36. The highest BCUT2D eigenvalue weighted by molar-refractivity contribution is 7.89. The summed E-state index contributed by atoms with van der Waals surface area (Å²) in [4.78, 5) is 9.75. The van der Waals surface area contributed by atoms with Gasteiger partial charge in [-0.25, -0.2) is 12.8 Å². The molecule has 1 aliphatic rings. The van der Waals surface area contributed by atoms with Crippen LogP contribution in [0.15, 0.2) is 17.0 Å². The summed E-state index contributed by atoms with van der Waals surface area (Å²) in [6.07, 6.45) is 1.36. The first-order valence-corrected chi connectivity index (χ1v) is 8.92. The first kappa shape index (κ1) is 18.6. The number of halogens is 1. The van der Waals surface area contributed by atoms with Crippen molar-refractivity contribution in [2.45, 2.75) is 17.7 Å². The van der Waals surface area contributed by atoms with E-state index in [0.29, 0.717) is 31.8 Å². The number of rotatable bonds is 6. The third-order valence-electron chi connectivity index (χ3n) is 4.10. The number of ether oxygens (including phenoxy) is 1. The molecule has 8 nitrogen and oxygen atoms in total. The van der Waals surface area contributed by atoms with E-state index in [1.807, 2.05) is 7.05 Å². The number of hydrogen-bond donors (Lipinski definition) is 1. The van der Waals surface area contributed by atoms with Gasteiger partial charge in [-0.15, -0.1) is 0 Å². The smallest absolute Gasteiger partial charge is 0.315 e. The van der Waals surface area contributed by atoms with E-state index in [2.05, 4.69) is 10.1 Å². The molecule has 1 aromatic rings. The van der Waals surface area contributed by atoms with Crippen molar-refractivity contribution < 1.29 is 22.5 Å². The third-order valence-corrected chi connectivity index (χ3v) is 5.98. The molecule has 0 spiro atoms. The Bertz CT molecular complexity index is 717. The molecule has 24 heavy (non-hydrogen) atoms. The maximum Gasteiger partial charge on any atom is 0.315 e. The van der Waals surface area contributed by atoms with Crippen LogP contribution >= 0.6 is 0 Å². The number of piperidine rings is 1. The first-order chi connectivity index (χ1) is 11.3. The molecule has 0 bridgehead atoms. The van der Waals surface area contributed by atoms with E-state index in [1.54, 1.807) is 0 Å². The van der Waals surface area contributed by atoms with Crippen LogP contribution in [0.2, 0.25) is 0 Å². The summed E-state index contributed by atoms with van der Waals surface area (Å²) in [5, 5.41) is 14.1. The van der Waals surface area contributed by atoms with E-state index >= 15 is 0 Å². The average molecular weight is 361 g/mol. The minimum absolute atomic E-state index is 0.302. The fourth-order valence-electron chi connectivity index (χ4n) is 2.83. The summed E-state index contributed by atoms with van der Waals surface area (Å²) in [7, 11) is -1.07. The lowest BCUT2D eigenvalue weighted by Crippen LogP contribution is -2.40. The number of hydrogen-bond acceptors (Lipinski definition) is 6. The van der Waals surface area contributed by atoms with Crippen LogP contribution in [-0.2, 0) is 10.0 Å². The molecule has 1 aromatic carbocycles. The topological polar surface area (TPSA) is 102 Å². The maximum atomic E-state index is 14.0. The number of sulfonamides is 1. The minimum atomic E-state index is -3.99. The van der Waals surface area contributed by atoms with Gasteiger partial charge in [-0.05, 0) is 38.4 Å². The molecule has 1 aliphatic heterocycles. The summed E-state index contributed by atoms with van der Waals surface area (Å²) >= 11 is 0. The number of methoxy groups -OCH3 is 1. The van der Waals surface area contributed by atoms with E-state index in [-0.39, 0.29) is 0 Å². The molecule has 0 atom stereocenters. The Morgan fingerprint density at radius 2 is 2.04 bits per heavy atom. The average Bonchev–Trinajstić information content (AvgIpc) is 2.54. The highest BCUT2D eigenvalue weighted by Crippen LogP contribution is 2.34. The van der Waals surface area contributed by atoms with Crippen molar-refractivity contribution in [3.05, 3.63) is 28.1 Å². The number of nitrogens with one attached hydrogen (secondary N) is 1. The van der Waals surface area contributed by atoms with Gasteiger partial charge in [-0.3, -0.25) is 10.1 Å². The van der Waals surface area contributed by atoms with Gasteiger partial charge in [-0.2, -0.15) is 4.31 Å². The van der Waals surface area contributed by atoms with Crippen molar-refractivity contribution in [3.8, 4) is 5.75 Å². The van der Waals surface area contributed by atoms with Crippen LogP contribution < -0.4 is 10.1 Å². The second-order valence-electron chi connectivity index (χ2n) is 5.62. The molecule has 0 amide bonds. The van der Waals surface area contributed by atoms with Crippen molar-refractivity contribution in [1.82, 2.24) is 9.62 Å². The Morgan fingerprint density at radius 3 is 2.54 bits per heavy atom. The summed E-state index contributed by atoms with van der Waals surface area (Å²) in [6.45, 7) is 1.41. The third kappa shape index (κ3) is 3.65. The Morgan fingerprint density at radius 1 is 1.42 bits per heavy atom. The molecule has 1 N–H and O–H groups in total. The fraction of sp³-hybridized carbons (Fsp3) is 0.571. The SMILES string of the molecule is CNCC1CCN(S(=O)(=O)c2cc(F)c(OC)c([N+](=O)[O-])c2)CC1. The molecule has 1 saturated heterocycles. The van der Waals surface area contributed by atoms with E-state index in [4.69, 9.17) is 0 Å². The van der Waals surface area contributed by atoms with Crippen LogP contribution in [0.4, 0.5) is 10.1 Å². The zero-order chi connectivity index (χ0) is 17.9. The number of benzene rings is 1. The van der Waals surface area contributed by atoms with Crippen LogP contribution in [0, 0.1) is 21.8 Å². The van der Waals surface area contributed by atoms with Gasteiger partial charge >= 0.3 is 5.69 Å². The largest absolute Gasteiger partial charge is 0.488 e. The molecular formula is C14H20FN3O5S. The maximum absolute atomic E-state index is 14.0. The second kappa shape index (κ2) is 7.41. The fourth-order valence-corrected chi connectivity index (χ4v) is 4.34. The van der Waals surface area contributed by atoms with Gasteiger partial charge in [0.15, 0.2) is 5.82 Å². The minimum Gasteiger partial charge on any atom is -0.488 e. The zero-order valence-electron chi connectivity index (χ0n) is 13.5. The Kier molecular flexibility index (Phi) is 5.73. The van der Waals surface area contributed by atoms with Gasteiger partial charge in [0.2, 0.25) is 15.8 Å². The predicted molar refractivity (Wildman–Crippen MR) is 85.0 cm³/mol. The lowest BCUT2D eigenvalue weighted by atomic mass is 9.98. The number of nitro benzene ring substituents is 1. The van der Waals surface area contributed by atoms with Crippen LogP contribution in [0.3, 0.4) is 0 Å². The van der Waals surface area contributed by atoms with E-state index < -0.39 is 37.1 Å². The highest BCUT2D eigenvalue weighted by atomic mass is 32.2. The molecule has 0 unspecified atom stereocenters. The monoisotopic (exact) mass is 361 g/mol. The van der Waals surface area contributed by atoms with E-state index in [9.17, 15) is 22.9 Å². The standard InChI is InChI=1S/C14H20FN3O5S/c1-16-9-10-3-5-17(6-4-10)24(21,22)11-7-12(15)14(23-2)13(8-11)18(19)20/h7-8,10,16H,3-6,9H2,1-2H3. The van der Waals surface area contributed by atoms with Crippen LogP contribution in [0.5, 0.6) is 5.75 Å². The molecule has 1 heterocycles. The lowest BCUT2D eigenvalue weighted by Gasteiger charge is -2.31. The molecule has 10 heteroatoms. The molecule has 2 rings (SSSR count). The molecular weight excluding hydrogens is 341 g/mol. The summed E-state index contributed by atoms with van der Waals surface area (Å²) in [5.41, 5.74) is -0.707. The molecule has 0 saturated carbocycles. The Balaban J connectivity index is 2.32. The molecule has 0 aromatic heterocycles. The summed E-state index contributed by atoms with van der Waals surface area (Å²) < 4.78 is 45.2. The Hall–Kier alpha value is -1.78. The molecule has 134 valence electrons. The molecule has 1 fully saturated rings. The zero-order valence-corrected chi connectivity index (χ0v) is 14.3. The van der Waals surface area contributed by atoms with Crippen LogP contribution in [-0.4, -0.2) is 51.4 Å². The van der Waals surface area contributed by atoms with Crippen LogP contribution in [0.25, 0.3) is 0 Å². The first-order valence-electron chi connectivity index (χ1n) is 7.48. The van der Waals surface area contributed by atoms with Crippen molar-refractivity contribution in [2.75, 3.05) is 33.8 Å². The molecule has 0 radical (unpaired) electrons. The normalized spacial score (nSPS) is 17.0. The van der Waals surface area contributed by atoms with Crippen molar-refractivity contribution in [1.29, 1.82) is 0 Å². The second-order valence-corrected chi connectivity index (χ2v) is 7.56. The van der Waals surface area contributed by atoms with Crippen molar-refractivity contribution >= 4 is 15.7 Å². The van der Waals surface area contributed by atoms with Gasteiger partial charge < -0.3 is 10.1 Å². The van der Waals surface area contributed by atoms with Gasteiger partial charge in [0.1, 0.15) is 0 Å². The van der Waals surface area contributed by atoms with Crippen molar-refractivity contribution in [2.24, 2.45) is 5.92 Å². The highest BCUT2D eigenvalue weighted by Gasteiger charge is 2.32. The summed E-state index contributed by atoms with van der Waals surface area (Å²) in [5.74, 6) is -1.27. The van der Waals surface area contributed by atoms with E-state index in [1.165, 1.54) is 4.31 Å². The van der Waals surface area contributed by atoms with Crippen molar-refractivity contribution in [3.63, 3.8) is 0 Å². The van der Waals surface area contributed by atoms with Gasteiger partial charge in [0.25, 0.3) is 0 Å².